The molecular weight excluding hydrogens is 350 g/mol. The van der Waals surface area contributed by atoms with Gasteiger partial charge in [-0.1, -0.05) is 43.1 Å². The number of aromatic nitrogens is 3. The average Bonchev–Trinajstić information content (AvgIpc) is 2.63. The Labute approximate surface area is 116 Å². The Balaban J connectivity index is 2.17. The predicted molar refractivity (Wildman–Crippen MR) is 71.5 cm³/mol. The third-order valence-electron chi connectivity index (χ3n) is 2.37. The summed E-state index contributed by atoms with van der Waals surface area (Å²) in [6.07, 6.45) is 1.67. The van der Waals surface area contributed by atoms with Crippen molar-refractivity contribution in [2.24, 2.45) is 7.05 Å². The third-order valence-corrected chi connectivity index (χ3v) is 3.55. The Hall–Kier alpha value is -0.720. The normalized spacial score (nSPS) is 12.7. The van der Waals surface area contributed by atoms with E-state index < -0.39 is 6.10 Å². The standard InChI is InChI=1S/C11H11Br2N3O/c1-16-6-8(14-15-16)5-11(17)9-3-2-7(12)4-10(9)13/h2-4,6,11,17H,5H2,1H3. The second-order valence-corrected chi connectivity index (χ2v) is 5.54. The van der Waals surface area contributed by atoms with Gasteiger partial charge < -0.3 is 5.11 Å². The number of hydrogen-bond donors (Lipinski definition) is 1. The van der Waals surface area contributed by atoms with Crippen molar-refractivity contribution in [3.05, 3.63) is 44.6 Å². The van der Waals surface area contributed by atoms with Gasteiger partial charge >= 0.3 is 0 Å². The maximum atomic E-state index is 10.1. The van der Waals surface area contributed by atoms with Crippen LogP contribution >= 0.6 is 31.9 Å². The zero-order valence-corrected chi connectivity index (χ0v) is 12.3. The summed E-state index contributed by atoms with van der Waals surface area (Å²) in [4.78, 5) is 0. The number of aliphatic hydroxyl groups is 1. The number of halogens is 2. The first-order chi connectivity index (χ1) is 8.06. The molecule has 4 nitrogen and oxygen atoms in total. The van der Waals surface area contributed by atoms with Crippen LogP contribution in [-0.2, 0) is 13.5 Å². The van der Waals surface area contributed by atoms with Gasteiger partial charge in [0.2, 0.25) is 0 Å². The van der Waals surface area contributed by atoms with Crippen LogP contribution in [0.25, 0.3) is 0 Å². The average molecular weight is 361 g/mol. The molecule has 1 heterocycles. The molecule has 0 spiro atoms. The molecule has 2 rings (SSSR count). The Morgan fingerprint density at radius 3 is 2.76 bits per heavy atom. The van der Waals surface area contributed by atoms with Gasteiger partial charge in [0.15, 0.2) is 0 Å². The Morgan fingerprint density at radius 1 is 1.41 bits per heavy atom. The van der Waals surface area contributed by atoms with Crippen molar-refractivity contribution in [3.63, 3.8) is 0 Å². The first-order valence-corrected chi connectivity index (χ1v) is 6.63. The maximum Gasteiger partial charge on any atom is 0.0857 e. The number of benzene rings is 1. The van der Waals surface area contributed by atoms with Gasteiger partial charge in [-0.2, -0.15) is 0 Å². The topological polar surface area (TPSA) is 50.9 Å². The van der Waals surface area contributed by atoms with Gasteiger partial charge in [-0.25, -0.2) is 0 Å². The van der Waals surface area contributed by atoms with E-state index in [1.807, 2.05) is 18.2 Å². The Bertz CT molecular complexity index is 527. The molecule has 0 radical (unpaired) electrons. The van der Waals surface area contributed by atoms with E-state index in [9.17, 15) is 5.11 Å². The molecule has 0 aliphatic rings. The molecule has 0 saturated carbocycles. The van der Waals surface area contributed by atoms with E-state index in [0.29, 0.717) is 6.42 Å². The van der Waals surface area contributed by atoms with Crippen LogP contribution in [0, 0.1) is 0 Å². The number of nitrogens with zero attached hydrogens (tertiary/aromatic N) is 3. The molecule has 1 N–H and O–H groups in total. The van der Waals surface area contributed by atoms with Gasteiger partial charge in [-0.15, -0.1) is 5.10 Å². The molecule has 0 aliphatic heterocycles. The zero-order valence-electron chi connectivity index (χ0n) is 9.14. The Morgan fingerprint density at radius 2 is 2.18 bits per heavy atom. The van der Waals surface area contributed by atoms with Crippen LogP contribution in [-0.4, -0.2) is 20.1 Å². The van der Waals surface area contributed by atoms with Crippen LogP contribution in [0.3, 0.4) is 0 Å². The van der Waals surface area contributed by atoms with E-state index in [2.05, 4.69) is 42.2 Å². The van der Waals surface area contributed by atoms with Crippen LogP contribution < -0.4 is 0 Å². The number of aryl methyl sites for hydroxylation is 1. The van der Waals surface area contributed by atoms with Gasteiger partial charge in [0.05, 0.1) is 11.8 Å². The number of hydrogen-bond acceptors (Lipinski definition) is 3. The summed E-state index contributed by atoms with van der Waals surface area (Å²) in [7, 11) is 1.80. The van der Waals surface area contributed by atoms with E-state index in [1.165, 1.54) is 0 Å². The van der Waals surface area contributed by atoms with Gasteiger partial charge in [0.1, 0.15) is 0 Å². The summed E-state index contributed by atoms with van der Waals surface area (Å²) in [5.41, 5.74) is 1.62. The molecule has 1 aromatic heterocycles. The summed E-state index contributed by atoms with van der Waals surface area (Å²) in [6.45, 7) is 0. The molecule has 90 valence electrons. The van der Waals surface area contributed by atoms with Crippen molar-refractivity contribution in [2.75, 3.05) is 0 Å². The molecule has 6 heteroatoms. The molecule has 0 bridgehead atoms. The maximum absolute atomic E-state index is 10.1. The van der Waals surface area contributed by atoms with Gasteiger partial charge in [-0.3, -0.25) is 4.68 Å². The van der Waals surface area contributed by atoms with E-state index in [4.69, 9.17) is 0 Å². The highest BCUT2D eigenvalue weighted by Gasteiger charge is 2.14. The lowest BCUT2D eigenvalue weighted by atomic mass is 10.1. The van der Waals surface area contributed by atoms with E-state index in [0.717, 1.165) is 20.2 Å². The highest BCUT2D eigenvalue weighted by molar-refractivity contribution is 9.11. The summed E-state index contributed by atoms with van der Waals surface area (Å²) in [5.74, 6) is 0. The zero-order chi connectivity index (χ0) is 12.4. The Kier molecular flexibility index (Phi) is 3.96. The second-order valence-electron chi connectivity index (χ2n) is 3.77. The van der Waals surface area contributed by atoms with Crippen LogP contribution in [0.4, 0.5) is 0 Å². The van der Waals surface area contributed by atoms with Crippen molar-refractivity contribution in [2.45, 2.75) is 12.5 Å². The van der Waals surface area contributed by atoms with E-state index in [1.54, 1.807) is 17.9 Å². The molecule has 1 unspecified atom stereocenters. The molecule has 0 saturated heterocycles. The van der Waals surface area contributed by atoms with E-state index >= 15 is 0 Å². The second kappa shape index (κ2) is 5.29. The summed E-state index contributed by atoms with van der Waals surface area (Å²) in [6, 6.07) is 5.70. The van der Waals surface area contributed by atoms with Crippen LogP contribution in [0.15, 0.2) is 33.3 Å². The molecule has 0 fully saturated rings. The lowest BCUT2D eigenvalue weighted by Gasteiger charge is -2.11. The third kappa shape index (κ3) is 3.14. The minimum absolute atomic E-state index is 0.452. The minimum atomic E-state index is -0.589. The first kappa shape index (κ1) is 12.7. The fraction of sp³-hybridized carbons (Fsp3) is 0.273. The molecular formula is C11H11Br2N3O. The summed E-state index contributed by atoms with van der Waals surface area (Å²) < 4.78 is 3.47. The quantitative estimate of drug-likeness (QED) is 0.915. The number of aliphatic hydroxyl groups excluding tert-OH is 1. The summed E-state index contributed by atoms with van der Waals surface area (Å²) in [5, 5.41) is 17.9. The van der Waals surface area contributed by atoms with Crippen molar-refractivity contribution >= 4 is 31.9 Å². The number of rotatable bonds is 3. The highest BCUT2D eigenvalue weighted by atomic mass is 79.9. The predicted octanol–water partition coefficient (Wildman–Crippen LogP) is 2.62. The molecule has 17 heavy (non-hydrogen) atoms. The molecule has 0 amide bonds. The lowest BCUT2D eigenvalue weighted by molar-refractivity contribution is 0.176. The van der Waals surface area contributed by atoms with Crippen molar-refractivity contribution < 1.29 is 5.11 Å². The fourth-order valence-electron chi connectivity index (χ4n) is 1.57. The molecule has 1 aromatic carbocycles. The smallest absolute Gasteiger partial charge is 0.0857 e. The van der Waals surface area contributed by atoms with Crippen molar-refractivity contribution in [1.82, 2.24) is 15.0 Å². The van der Waals surface area contributed by atoms with Gasteiger partial charge in [0.25, 0.3) is 0 Å². The van der Waals surface area contributed by atoms with Gasteiger partial charge in [0, 0.05) is 28.6 Å². The SMILES string of the molecule is Cn1cc(CC(O)c2ccc(Br)cc2Br)nn1. The van der Waals surface area contributed by atoms with Crippen LogP contribution in [0.1, 0.15) is 17.4 Å². The highest BCUT2D eigenvalue weighted by Crippen LogP contribution is 2.28. The van der Waals surface area contributed by atoms with Gasteiger partial charge in [-0.05, 0) is 17.7 Å². The lowest BCUT2D eigenvalue weighted by Crippen LogP contribution is -2.03. The monoisotopic (exact) mass is 359 g/mol. The molecule has 0 aliphatic carbocycles. The fourth-order valence-corrected chi connectivity index (χ4v) is 2.88. The van der Waals surface area contributed by atoms with Crippen molar-refractivity contribution in [1.29, 1.82) is 0 Å². The van der Waals surface area contributed by atoms with Crippen LogP contribution in [0.5, 0.6) is 0 Å². The van der Waals surface area contributed by atoms with E-state index in [-0.39, 0.29) is 0 Å². The largest absolute Gasteiger partial charge is 0.388 e. The molecule has 1 atom stereocenters. The molecule has 2 aromatic rings. The first-order valence-electron chi connectivity index (χ1n) is 5.04. The minimum Gasteiger partial charge on any atom is -0.388 e. The van der Waals surface area contributed by atoms with Crippen molar-refractivity contribution in [3.8, 4) is 0 Å². The summed E-state index contributed by atoms with van der Waals surface area (Å²) >= 11 is 6.81. The van der Waals surface area contributed by atoms with Crippen LogP contribution in [0.2, 0.25) is 0 Å².